The van der Waals surface area contributed by atoms with Gasteiger partial charge in [0.2, 0.25) is 0 Å². The Kier molecular flexibility index (Phi) is 4.19. The summed E-state index contributed by atoms with van der Waals surface area (Å²) in [5, 5.41) is 0.428. The summed E-state index contributed by atoms with van der Waals surface area (Å²) in [5.41, 5.74) is 5.21. The maximum Gasteiger partial charge on any atom is 0.132 e. The van der Waals surface area contributed by atoms with Gasteiger partial charge in [-0.3, -0.25) is 0 Å². The van der Waals surface area contributed by atoms with Gasteiger partial charge in [0.25, 0.3) is 0 Å². The Bertz CT molecular complexity index is 674. The molecule has 0 saturated heterocycles. The van der Waals surface area contributed by atoms with E-state index in [9.17, 15) is 4.39 Å². The molecule has 0 atom stereocenters. The SMILES string of the molecule is Cc1ccc(C(=C2CCC2)c2ccc(Cl)cc2F)c(Br)c1. The second-order valence-electron chi connectivity index (χ2n) is 5.44. The van der Waals surface area contributed by atoms with Crippen LogP contribution in [0, 0.1) is 12.7 Å². The number of allylic oxidation sites excluding steroid dienone is 1. The van der Waals surface area contributed by atoms with E-state index in [1.54, 1.807) is 12.1 Å². The van der Waals surface area contributed by atoms with E-state index in [1.165, 1.54) is 23.6 Å². The van der Waals surface area contributed by atoms with Crippen molar-refractivity contribution in [2.45, 2.75) is 26.2 Å². The molecule has 2 aromatic carbocycles. The predicted octanol–water partition coefficient (Wildman–Crippen LogP) is 6.54. The van der Waals surface area contributed by atoms with Crippen LogP contribution < -0.4 is 0 Å². The first-order valence-electron chi connectivity index (χ1n) is 7.00. The van der Waals surface area contributed by atoms with Crippen LogP contribution in [0.3, 0.4) is 0 Å². The Labute approximate surface area is 137 Å². The number of hydrogen-bond donors (Lipinski definition) is 0. The highest BCUT2D eigenvalue weighted by Crippen LogP contribution is 2.41. The predicted molar refractivity (Wildman–Crippen MR) is 90.2 cm³/mol. The van der Waals surface area contributed by atoms with E-state index in [2.05, 4.69) is 34.1 Å². The van der Waals surface area contributed by atoms with Crippen LogP contribution in [0.5, 0.6) is 0 Å². The number of hydrogen-bond acceptors (Lipinski definition) is 0. The van der Waals surface area contributed by atoms with Crippen molar-refractivity contribution in [1.82, 2.24) is 0 Å². The molecule has 1 saturated carbocycles. The Morgan fingerprint density at radius 1 is 1.10 bits per heavy atom. The summed E-state index contributed by atoms with van der Waals surface area (Å²) in [6.07, 6.45) is 3.26. The number of halogens is 3. The average molecular weight is 366 g/mol. The van der Waals surface area contributed by atoms with Gasteiger partial charge in [0.05, 0.1) is 0 Å². The summed E-state index contributed by atoms with van der Waals surface area (Å²) in [6, 6.07) is 11.1. The van der Waals surface area contributed by atoms with Crippen LogP contribution in [-0.4, -0.2) is 0 Å². The highest BCUT2D eigenvalue weighted by molar-refractivity contribution is 9.10. The topological polar surface area (TPSA) is 0 Å². The summed E-state index contributed by atoms with van der Waals surface area (Å²) in [7, 11) is 0. The Morgan fingerprint density at radius 2 is 1.81 bits per heavy atom. The number of aryl methyl sites for hydroxylation is 1. The summed E-state index contributed by atoms with van der Waals surface area (Å²) in [5.74, 6) is -0.260. The summed E-state index contributed by atoms with van der Waals surface area (Å²) < 4.78 is 15.4. The quantitative estimate of drug-likeness (QED) is 0.567. The van der Waals surface area contributed by atoms with Crippen LogP contribution in [0.15, 0.2) is 46.4 Å². The van der Waals surface area contributed by atoms with E-state index in [4.69, 9.17) is 11.6 Å². The van der Waals surface area contributed by atoms with E-state index < -0.39 is 0 Å². The van der Waals surface area contributed by atoms with Crippen molar-refractivity contribution < 1.29 is 4.39 Å². The highest BCUT2D eigenvalue weighted by atomic mass is 79.9. The molecule has 0 amide bonds. The van der Waals surface area contributed by atoms with Crippen LogP contribution in [0.2, 0.25) is 5.02 Å². The van der Waals surface area contributed by atoms with Crippen molar-refractivity contribution in [3.8, 4) is 0 Å². The zero-order valence-corrected chi connectivity index (χ0v) is 14.1. The molecule has 1 aliphatic carbocycles. The summed E-state index contributed by atoms with van der Waals surface area (Å²) in [4.78, 5) is 0. The lowest BCUT2D eigenvalue weighted by atomic mass is 9.82. The van der Waals surface area contributed by atoms with Gasteiger partial charge >= 0.3 is 0 Å². The fraction of sp³-hybridized carbons (Fsp3) is 0.222. The lowest BCUT2D eigenvalue weighted by molar-refractivity contribution is 0.621. The smallest absolute Gasteiger partial charge is 0.132 e. The maximum atomic E-state index is 14.4. The highest BCUT2D eigenvalue weighted by Gasteiger charge is 2.21. The Morgan fingerprint density at radius 3 is 2.38 bits per heavy atom. The van der Waals surface area contributed by atoms with Crippen molar-refractivity contribution >= 4 is 33.1 Å². The van der Waals surface area contributed by atoms with Crippen LogP contribution in [0.1, 0.15) is 36.0 Å². The van der Waals surface area contributed by atoms with Crippen molar-refractivity contribution in [2.24, 2.45) is 0 Å². The van der Waals surface area contributed by atoms with Gasteiger partial charge in [0.1, 0.15) is 5.82 Å². The first-order valence-corrected chi connectivity index (χ1v) is 8.17. The molecule has 3 heteroatoms. The maximum absolute atomic E-state index is 14.4. The molecule has 0 radical (unpaired) electrons. The Balaban J connectivity index is 2.20. The zero-order chi connectivity index (χ0) is 15.0. The minimum atomic E-state index is -0.260. The molecular formula is C18H15BrClF. The van der Waals surface area contributed by atoms with Crippen molar-refractivity contribution in [1.29, 1.82) is 0 Å². The van der Waals surface area contributed by atoms with Gasteiger partial charge in [0.15, 0.2) is 0 Å². The van der Waals surface area contributed by atoms with Crippen molar-refractivity contribution in [2.75, 3.05) is 0 Å². The molecule has 1 aliphatic rings. The molecule has 0 aliphatic heterocycles. The van der Waals surface area contributed by atoms with Gasteiger partial charge in [-0.1, -0.05) is 45.2 Å². The second kappa shape index (κ2) is 5.94. The third-order valence-electron chi connectivity index (χ3n) is 3.91. The minimum Gasteiger partial charge on any atom is -0.206 e. The van der Waals surface area contributed by atoms with E-state index in [1.807, 2.05) is 6.92 Å². The van der Waals surface area contributed by atoms with Gasteiger partial charge < -0.3 is 0 Å². The number of benzene rings is 2. The third-order valence-corrected chi connectivity index (χ3v) is 4.80. The van der Waals surface area contributed by atoms with Crippen molar-refractivity contribution in [3.05, 3.63) is 74.0 Å². The molecule has 0 bridgehead atoms. The van der Waals surface area contributed by atoms with E-state index in [-0.39, 0.29) is 5.82 Å². The molecule has 2 aromatic rings. The monoisotopic (exact) mass is 364 g/mol. The fourth-order valence-electron chi connectivity index (χ4n) is 2.64. The van der Waals surface area contributed by atoms with E-state index in [0.29, 0.717) is 10.6 Å². The number of rotatable bonds is 2. The molecular weight excluding hydrogens is 351 g/mol. The second-order valence-corrected chi connectivity index (χ2v) is 6.73. The molecule has 0 spiro atoms. The largest absolute Gasteiger partial charge is 0.206 e. The van der Waals surface area contributed by atoms with Crippen LogP contribution >= 0.6 is 27.5 Å². The average Bonchev–Trinajstić information content (AvgIpc) is 2.35. The first kappa shape index (κ1) is 14.8. The van der Waals surface area contributed by atoms with E-state index >= 15 is 0 Å². The zero-order valence-electron chi connectivity index (χ0n) is 11.7. The molecule has 0 unspecified atom stereocenters. The molecule has 0 heterocycles. The van der Waals surface area contributed by atoms with Crippen LogP contribution in [0.25, 0.3) is 5.57 Å². The van der Waals surface area contributed by atoms with Crippen LogP contribution in [-0.2, 0) is 0 Å². The van der Waals surface area contributed by atoms with Gasteiger partial charge in [-0.25, -0.2) is 4.39 Å². The standard InChI is InChI=1S/C18H15BrClF/c1-11-5-7-14(16(19)9-11)18(12-3-2-4-12)15-8-6-13(20)10-17(15)21/h5-10H,2-4H2,1H3. The lowest BCUT2D eigenvalue weighted by Gasteiger charge is -2.24. The van der Waals surface area contributed by atoms with Gasteiger partial charge in [0, 0.05) is 15.1 Å². The third kappa shape index (κ3) is 2.93. The van der Waals surface area contributed by atoms with Gasteiger partial charge in [-0.05, 0) is 67.2 Å². The van der Waals surface area contributed by atoms with Gasteiger partial charge in [-0.15, -0.1) is 0 Å². The van der Waals surface area contributed by atoms with Crippen molar-refractivity contribution in [3.63, 3.8) is 0 Å². The minimum absolute atomic E-state index is 0.260. The molecule has 21 heavy (non-hydrogen) atoms. The lowest BCUT2D eigenvalue weighted by Crippen LogP contribution is -2.05. The molecule has 3 rings (SSSR count). The van der Waals surface area contributed by atoms with Crippen LogP contribution in [0.4, 0.5) is 4.39 Å². The normalized spacial score (nSPS) is 14.0. The molecule has 0 aromatic heterocycles. The van der Waals surface area contributed by atoms with Gasteiger partial charge in [-0.2, -0.15) is 0 Å². The molecule has 108 valence electrons. The fourth-order valence-corrected chi connectivity index (χ4v) is 3.49. The molecule has 0 nitrogen and oxygen atoms in total. The van der Waals surface area contributed by atoms with E-state index in [0.717, 1.165) is 28.5 Å². The summed E-state index contributed by atoms with van der Waals surface area (Å²) in [6.45, 7) is 2.05. The molecule has 1 fully saturated rings. The molecule has 0 N–H and O–H groups in total. The Hall–Kier alpha value is -1.12. The first-order chi connectivity index (χ1) is 10.1. The summed E-state index contributed by atoms with van der Waals surface area (Å²) >= 11 is 9.50.